The minimum absolute atomic E-state index is 0.00775. The lowest BCUT2D eigenvalue weighted by Crippen LogP contribution is -2.31. The molecule has 4 amide bonds. The molecule has 0 bridgehead atoms. The molecule has 0 saturated carbocycles. The van der Waals surface area contributed by atoms with Crippen molar-refractivity contribution in [3.63, 3.8) is 0 Å². The van der Waals surface area contributed by atoms with Crippen molar-refractivity contribution < 1.29 is 38.3 Å². The third-order valence-electron chi connectivity index (χ3n) is 6.00. The molecule has 1 aliphatic heterocycles. The summed E-state index contributed by atoms with van der Waals surface area (Å²) in [5, 5.41) is 5.43. The summed E-state index contributed by atoms with van der Waals surface area (Å²) in [4.78, 5) is 83.9. The monoisotopic (exact) mass is 627 g/mol. The highest BCUT2D eigenvalue weighted by atomic mass is 33.1. The minimum Gasteiger partial charge on any atom is -0.464 e. The van der Waals surface area contributed by atoms with E-state index in [4.69, 9.17) is 4.74 Å². The number of ketones is 2. The summed E-state index contributed by atoms with van der Waals surface area (Å²) < 4.78 is 5.30. The average molecular weight is 628 g/mol. The van der Waals surface area contributed by atoms with E-state index in [9.17, 15) is 33.6 Å². The molecule has 0 aromatic rings. The number of unbranched alkanes of at least 4 members (excludes halogenated alkanes) is 2. The number of ether oxygens (including phenoxy) is 1. The summed E-state index contributed by atoms with van der Waals surface area (Å²) in [5.41, 5.74) is -0.514. The van der Waals surface area contributed by atoms with E-state index in [0.717, 1.165) is 12.2 Å². The standard InChI is InChI=1S/C29H45N3O8S2/c1-21(20-40-28(39)29(2,3)4)42-41-18-8-16-30-24(35)13-11-23(34)19-31-25(36)12-10-22(33)9-6-5-7-17-32-26(37)14-15-27(32)38/h14-15,21H,5-13,16-20H2,1-4H3,(H,30,35)(H,31,36). The van der Waals surface area contributed by atoms with E-state index in [0.29, 0.717) is 45.4 Å². The molecule has 0 saturated heterocycles. The quantitative estimate of drug-likeness (QED) is 0.0791. The number of carbonyl (C=O) groups is 7. The Morgan fingerprint density at radius 2 is 1.45 bits per heavy atom. The predicted molar refractivity (Wildman–Crippen MR) is 163 cm³/mol. The maximum Gasteiger partial charge on any atom is 0.311 e. The molecule has 0 spiro atoms. The van der Waals surface area contributed by atoms with Crippen LogP contribution < -0.4 is 10.6 Å². The van der Waals surface area contributed by atoms with Gasteiger partial charge in [0, 0.05) is 68.3 Å². The molecule has 1 heterocycles. The molecule has 1 atom stereocenters. The zero-order valence-electron chi connectivity index (χ0n) is 25.2. The van der Waals surface area contributed by atoms with Gasteiger partial charge in [-0.2, -0.15) is 0 Å². The van der Waals surface area contributed by atoms with Gasteiger partial charge in [-0.25, -0.2) is 0 Å². The molecule has 1 rings (SSSR count). The van der Waals surface area contributed by atoms with Gasteiger partial charge in [0.25, 0.3) is 11.8 Å². The van der Waals surface area contributed by atoms with Crippen LogP contribution in [0.4, 0.5) is 0 Å². The van der Waals surface area contributed by atoms with Crippen LogP contribution in [-0.4, -0.2) is 83.3 Å². The first-order valence-electron chi connectivity index (χ1n) is 14.4. The van der Waals surface area contributed by atoms with Crippen LogP contribution in [0.25, 0.3) is 0 Å². The molecule has 236 valence electrons. The van der Waals surface area contributed by atoms with Crippen molar-refractivity contribution in [2.45, 2.75) is 90.7 Å². The molecule has 11 nitrogen and oxygen atoms in total. The van der Waals surface area contributed by atoms with Crippen LogP contribution in [0.2, 0.25) is 0 Å². The summed E-state index contributed by atoms with van der Waals surface area (Å²) in [6.07, 6.45) is 5.60. The molecule has 13 heteroatoms. The van der Waals surface area contributed by atoms with Crippen molar-refractivity contribution in [2.24, 2.45) is 5.41 Å². The zero-order valence-corrected chi connectivity index (χ0v) is 26.8. The maximum absolute atomic E-state index is 12.0. The smallest absolute Gasteiger partial charge is 0.311 e. The van der Waals surface area contributed by atoms with Gasteiger partial charge in [-0.1, -0.05) is 28.0 Å². The van der Waals surface area contributed by atoms with Crippen LogP contribution in [0.5, 0.6) is 0 Å². The van der Waals surface area contributed by atoms with Crippen molar-refractivity contribution in [3.05, 3.63) is 12.2 Å². The van der Waals surface area contributed by atoms with E-state index in [1.165, 1.54) is 17.1 Å². The maximum atomic E-state index is 12.0. The second kappa shape index (κ2) is 20.3. The first-order chi connectivity index (χ1) is 19.8. The molecule has 1 unspecified atom stereocenters. The molecule has 0 fully saturated rings. The van der Waals surface area contributed by atoms with Gasteiger partial charge in [-0.05, 0) is 47.0 Å². The van der Waals surface area contributed by atoms with Crippen LogP contribution in [-0.2, 0) is 38.3 Å². The number of hydrogen-bond acceptors (Lipinski definition) is 10. The van der Waals surface area contributed by atoms with E-state index >= 15 is 0 Å². The molecule has 0 aromatic heterocycles. The van der Waals surface area contributed by atoms with Gasteiger partial charge in [-0.3, -0.25) is 38.5 Å². The number of imide groups is 1. The Labute approximate surface area is 256 Å². The van der Waals surface area contributed by atoms with Gasteiger partial charge < -0.3 is 15.4 Å². The lowest BCUT2D eigenvalue weighted by Gasteiger charge is -2.18. The summed E-state index contributed by atoms with van der Waals surface area (Å²) in [7, 11) is 3.28. The topological polar surface area (TPSA) is 156 Å². The number of amides is 4. The van der Waals surface area contributed by atoms with E-state index < -0.39 is 11.3 Å². The first kappa shape index (κ1) is 37.4. The number of rotatable bonds is 22. The molecular weight excluding hydrogens is 582 g/mol. The second-order valence-electron chi connectivity index (χ2n) is 11.1. The number of carbonyl (C=O) groups excluding carboxylic acids is 7. The predicted octanol–water partition coefficient (Wildman–Crippen LogP) is 3.15. The number of nitrogens with one attached hydrogen (secondary N) is 2. The van der Waals surface area contributed by atoms with E-state index in [-0.39, 0.29) is 72.7 Å². The summed E-state index contributed by atoms with van der Waals surface area (Å²) in [6.45, 7) is 8.43. The highest BCUT2D eigenvalue weighted by Crippen LogP contribution is 2.28. The minimum atomic E-state index is -0.514. The first-order valence-corrected chi connectivity index (χ1v) is 16.7. The van der Waals surface area contributed by atoms with Crippen molar-refractivity contribution >= 4 is 62.8 Å². The van der Waals surface area contributed by atoms with Crippen molar-refractivity contribution in [3.8, 4) is 0 Å². The zero-order chi connectivity index (χ0) is 31.5. The fraction of sp³-hybridized carbons (Fsp3) is 0.690. The van der Waals surface area contributed by atoms with Crippen molar-refractivity contribution in [2.75, 3.05) is 32.0 Å². The van der Waals surface area contributed by atoms with Crippen molar-refractivity contribution in [1.82, 2.24) is 15.5 Å². The summed E-state index contributed by atoms with van der Waals surface area (Å²) in [5.74, 6) is -0.971. The fourth-order valence-electron chi connectivity index (χ4n) is 3.47. The molecule has 0 aliphatic carbocycles. The Kier molecular flexibility index (Phi) is 18.0. The lowest BCUT2D eigenvalue weighted by atomic mass is 9.97. The largest absolute Gasteiger partial charge is 0.464 e. The summed E-state index contributed by atoms with van der Waals surface area (Å²) >= 11 is 0. The van der Waals surface area contributed by atoms with Crippen LogP contribution in [0.15, 0.2) is 12.2 Å². The van der Waals surface area contributed by atoms with Gasteiger partial charge in [-0.15, -0.1) is 0 Å². The fourth-order valence-corrected chi connectivity index (χ4v) is 5.69. The van der Waals surface area contributed by atoms with Gasteiger partial charge in [0.05, 0.1) is 12.0 Å². The Morgan fingerprint density at radius 1 is 0.833 bits per heavy atom. The van der Waals surface area contributed by atoms with Crippen LogP contribution >= 0.6 is 21.6 Å². The highest BCUT2D eigenvalue weighted by Gasteiger charge is 2.24. The Bertz CT molecular complexity index is 976. The van der Waals surface area contributed by atoms with Crippen LogP contribution in [0, 0.1) is 5.41 Å². The number of esters is 1. The van der Waals surface area contributed by atoms with Crippen molar-refractivity contribution in [1.29, 1.82) is 0 Å². The Morgan fingerprint density at radius 3 is 2.10 bits per heavy atom. The third-order valence-corrected chi connectivity index (χ3v) is 8.95. The Balaban J connectivity index is 1.99. The van der Waals surface area contributed by atoms with Gasteiger partial charge in [0.2, 0.25) is 11.8 Å². The molecule has 0 aromatic carbocycles. The Hall–Kier alpha value is -2.67. The highest BCUT2D eigenvalue weighted by molar-refractivity contribution is 8.76. The van der Waals surface area contributed by atoms with E-state index in [1.54, 1.807) is 21.6 Å². The third kappa shape index (κ3) is 17.3. The number of hydrogen-bond donors (Lipinski definition) is 2. The SMILES string of the molecule is CC(COC(=O)C(C)(C)C)SSCCCNC(=O)CCC(=O)CNC(=O)CCC(=O)CCCCCN1C(=O)C=CC1=O. The molecule has 2 N–H and O–H groups in total. The summed E-state index contributed by atoms with van der Waals surface area (Å²) in [6, 6.07) is 0. The van der Waals surface area contributed by atoms with Gasteiger partial charge in [0.15, 0.2) is 5.78 Å². The molecule has 0 radical (unpaired) electrons. The molecule has 42 heavy (non-hydrogen) atoms. The van der Waals surface area contributed by atoms with E-state index in [2.05, 4.69) is 10.6 Å². The molecular formula is C29H45N3O8S2. The lowest BCUT2D eigenvalue weighted by molar-refractivity contribution is -0.152. The number of Topliss-reactive ketones (excluding diaryl/α,β-unsaturated/α-hetero) is 2. The number of nitrogens with zero attached hydrogens (tertiary/aromatic N) is 1. The van der Waals surface area contributed by atoms with Gasteiger partial charge in [0.1, 0.15) is 12.4 Å². The average Bonchev–Trinajstić information content (AvgIpc) is 3.25. The normalized spacial score (nSPS) is 13.7. The van der Waals surface area contributed by atoms with E-state index in [1.807, 2.05) is 27.7 Å². The van der Waals surface area contributed by atoms with Crippen LogP contribution in [0.3, 0.4) is 0 Å². The second-order valence-corrected chi connectivity index (χ2v) is 14.0. The van der Waals surface area contributed by atoms with Gasteiger partial charge >= 0.3 is 5.97 Å². The molecule has 1 aliphatic rings. The van der Waals surface area contributed by atoms with Crippen LogP contribution in [0.1, 0.15) is 85.5 Å².